The second-order valence-corrected chi connectivity index (χ2v) is 6.21. The van der Waals surface area contributed by atoms with Crippen LogP contribution in [0.2, 0.25) is 5.15 Å². The largest absolute Gasteiger partial charge is 0.422 e. The van der Waals surface area contributed by atoms with Crippen molar-refractivity contribution in [3.05, 3.63) is 23.1 Å². The first-order valence-electron chi connectivity index (χ1n) is 5.72. The molecule has 2 heterocycles. The predicted molar refractivity (Wildman–Crippen MR) is 68.8 cm³/mol. The van der Waals surface area contributed by atoms with E-state index >= 15 is 0 Å². The molecular formula is C10H13ClN4O4S. The van der Waals surface area contributed by atoms with Crippen LogP contribution in [0.1, 0.15) is 18.7 Å². The van der Waals surface area contributed by atoms with Gasteiger partial charge in [-0.15, -0.1) is 10.2 Å². The number of rotatable bonds is 6. The van der Waals surface area contributed by atoms with Crippen LogP contribution in [0.15, 0.2) is 15.5 Å². The van der Waals surface area contributed by atoms with Crippen LogP contribution in [0.5, 0.6) is 0 Å². The molecule has 0 saturated carbocycles. The Labute approximate surface area is 120 Å². The van der Waals surface area contributed by atoms with Gasteiger partial charge in [-0.2, -0.15) is 5.10 Å². The smallest absolute Gasteiger partial charge is 0.242 e. The first kappa shape index (κ1) is 14.9. The van der Waals surface area contributed by atoms with Crippen molar-refractivity contribution in [3.63, 3.8) is 0 Å². The van der Waals surface area contributed by atoms with Gasteiger partial charge in [0.05, 0.1) is 6.20 Å². The molecule has 8 nitrogen and oxygen atoms in total. The summed E-state index contributed by atoms with van der Waals surface area (Å²) in [5.41, 5.74) is 0. The van der Waals surface area contributed by atoms with Crippen molar-refractivity contribution >= 4 is 21.4 Å². The van der Waals surface area contributed by atoms with E-state index in [9.17, 15) is 8.42 Å². The zero-order valence-electron chi connectivity index (χ0n) is 10.9. The Morgan fingerprint density at radius 2 is 2.10 bits per heavy atom. The molecule has 0 unspecified atom stereocenters. The molecule has 0 aromatic carbocycles. The van der Waals surface area contributed by atoms with Gasteiger partial charge in [0.15, 0.2) is 9.84 Å². The van der Waals surface area contributed by atoms with Gasteiger partial charge in [0.25, 0.3) is 0 Å². The quantitative estimate of drug-likeness (QED) is 0.784. The van der Waals surface area contributed by atoms with E-state index in [2.05, 4.69) is 15.3 Å². The number of sulfone groups is 1. The van der Waals surface area contributed by atoms with Gasteiger partial charge in [-0.3, -0.25) is 4.68 Å². The fraction of sp³-hybridized carbons (Fsp3) is 0.500. The predicted octanol–water partition coefficient (Wildman–Crippen LogP) is 1.06. The molecule has 0 aliphatic carbocycles. The molecule has 2 rings (SSSR count). The third-order valence-corrected chi connectivity index (χ3v) is 4.58. The fourth-order valence-electron chi connectivity index (χ4n) is 1.55. The topological polar surface area (TPSA) is 100 Å². The number of halogens is 1. The van der Waals surface area contributed by atoms with Crippen molar-refractivity contribution in [1.82, 2.24) is 20.0 Å². The van der Waals surface area contributed by atoms with Crippen LogP contribution in [-0.4, -0.2) is 35.5 Å². The third-order valence-electron chi connectivity index (χ3n) is 2.47. The molecule has 0 N–H and O–H groups in total. The summed E-state index contributed by atoms with van der Waals surface area (Å²) in [6.07, 6.45) is 1.22. The minimum absolute atomic E-state index is 0.0163. The lowest BCUT2D eigenvalue weighted by Gasteiger charge is -2.00. The Bertz CT molecular complexity index is 694. The minimum atomic E-state index is -3.69. The Balaban J connectivity index is 2.23. The van der Waals surface area contributed by atoms with Gasteiger partial charge in [-0.05, 0) is 6.92 Å². The van der Waals surface area contributed by atoms with Crippen LogP contribution in [-0.2, 0) is 33.5 Å². The second kappa shape index (κ2) is 5.90. The summed E-state index contributed by atoms with van der Waals surface area (Å²) in [6, 6.07) is 0. The highest BCUT2D eigenvalue weighted by Gasteiger charge is 2.25. The lowest BCUT2D eigenvalue weighted by atomic mass is 10.7. The van der Waals surface area contributed by atoms with Crippen LogP contribution in [0.4, 0.5) is 0 Å². The van der Waals surface area contributed by atoms with E-state index in [0.717, 1.165) is 0 Å². The van der Waals surface area contributed by atoms with Crippen LogP contribution in [0.3, 0.4) is 0 Å². The normalized spacial score (nSPS) is 11.9. The molecule has 0 radical (unpaired) electrons. The Morgan fingerprint density at radius 3 is 2.70 bits per heavy atom. The van der Waals surface area contributed by atoms with Crippen molar-refractivity contribution in [2.45, 2.75) is 30.7 Å². The average Bonchev–Trinajstić information content (AvgIpc) is 2.96. The molecule has 10 heteroatoms. The minimum Gasteiger partial charge on any atom is -0.422 e. The number of aryl methyl sites for hydroxylation is 1. The van der Waals surface area contributed by atoms with E-state index < -0.39 is 15.6 Å². The number of hydrogen-bond acceptors (Lipinski definition) is 7. The Kier molecular flexibility index (Phi) is 4.41. The summed E-state index contributed by atoms with van der Waals surface area (Å²) in [6.45, 7) is 2.42. The number of nitrogens with zero attached hydrogens (tertiary/aromatic N) is 4. The molecule has 20 heavy (non-hydrogen) atoms. The first-order chi connectivity index (χ1) is 9.47. The van der Waals surface area contributed by atoms with Crippen molar-refractivity contribution < 1.29 is 17.6 Å². The summed E-state index contributed by atoms with van der Waals surface area (Å²) in [5.74, 6) is -0.232. The summed E-state index contributed by atoms with van der Waals surface area (Å²) in [4.78, 5) is -0.0486. The molecule has 110 valence electrons. The van der Waals surface area contributed by atoms with Crippen LogP contribution >= 0.6 is 11.6 Å². The maximum Gasteiger partial charge on any atom is 0.242 e. The Hall–Kier alpha value is -1.45. The van der Waals surface area contributed by atoms with Gasteiger partial charge in [-0.1, -0.05) is 11.6 Å². The highest BCUT2D eigenvalue weighted by molar-refractivity contribution is 7.90. The molecular weight excluding hydrogens is 308 g/mol. The van der Waals surface area contributed by atoms with E-state index in [1.807, 2.05) is 6.92 Å². The Morgan fingerprint density at radius 1 is 1.40 bits per heavy atom. The van der Waals surface area contributed by atoms with E-state index in [0.29, 0.717) is 6.54 Å². The molecule has 0 aliphatic heterocycles. The second-order valence-electron chi connectivity index (χ2n) is 3.90. The fourth-order valence-corrected chi connectivity index (χ4v) is 3.28. The van der Waals surface area contributed by atoms with Gasteiger partial charge in [0.1, 0.15) is 22.4 Å². The van der Waals surface area contributed by atoms with Crippen LogP contribution < -0.4 is 0 Å². The number of hydrogen-bond donors (Lipinski definition) is 0. The molecule has 0 saturated heterocycles. The van der Waals surface area contributed by atoms with Gasteiger partial charge < -0.3 is 9.15 Å². The highest BCUT2D eigenvalue weighted by atomic mass is 35.5. The van der Waals surface area contributed by atoms with E-state index in [4.69, 9.17) is 20.8 Å². The number of methoxy groups -OCH3 is 1. The van der Waals surface area contributed by atoms with Gasteiger partial charge in [0, 0.05) is 13.7 Å². The molecule has 0 amide bonds. The monoisotopic (exact) mass is 320 g/mol. The van der Waals surface area contributed by atoms with E-state index in [1.165, 1.54) is 18.0 Å². The maximum absolute atomic E-state index is 12.2. The standard InChI is InChI=1S/C10H13ClN4O4S/c1-3-15-10(11)7(4-12-15)20(16,17)6-9-14-13-8(19-9)5-18-2/h4H,3,5-6H2,1-2H3. The van der Waals surface area contributed by atoms with Gasteiger partial charge >= 0.3 is 0 Å². The van der Waals surface area contributed by atoms with Gasteiger partial charge in [-0.25, -0.2) is 8.42 Å². The summed E-state index contributed by atoms with van der Waals surface area (Å²) in [5, 5.41) is 11.3. The molecule has 0 bridgehead atoms. The summed E-state index contributed by atoms with van der Waals surface area (Å²) in [7, 11) is -2.22. The molecule has 0 fully saturated rings. The molecule has 0 atom stereocenters. The SMILES string of the molecule is CCn1ncc(S(=O)(=O)Cc2nnc(COC)o2)c1Cl. The maximum atomic E-state index is 12.2. The molecule has 2 aromatic rings. The third kappa shape index (κ3) is 3.00. The lowest BCUT2D eigenvalue weighted by Crippen LogP contribution is -2.06. The lowest BCUT2D eigenvalue weighted by molar-refractivity contribution is 0.158. The van der Waals surface area contributed by atoms with Crippen LogP contribution in [0.25, 0.3) is 0 Å². The van der Waals surface area contributed by atoms with Crippen molar-refractivity contribution in [2.24, 2.45) is 0 Å². The highest BCUT2D eigenvalue weighted by Crippen LogP contribution is 2.24. The zero-order valence-corrected chi connectivity index (χ0v) is 12.5. The van der Waals surface area contributed by atoms with Crippen LogP contribution in [0, 0.1) is 0 Å². The molecule has 0 aliphatic rings. The number of aromatic nitrogens is 4. The summed E-state index contributed by atoms with van der Waals surface area (Å²) < 4.78 is 35.8. The van der Waals surface area contributed by atoms with Gasteiger partial charge in [0.2, 0.25) is 11.8 Å². The average molecular weight is 321 g/mol. The van der Waals surface area contributed by atoms with E-state index in [1.54, 1.807) is 0 Å². The first-order valence-corrected chi connectivity index (χ1v) is 7.75. The van der Waals surface area contributed by atoms with Crippen molar-refractivity contribution in [1.29, 1.82) is 0 Å². The zero-order chi connectivity index (χ0) is 14.8. The molecule has 2 aromatic heterocycles. The summed E-state index contributed by atoms with van der Waals surface area (Å²) >= 11 is 5.96. The van der Waals surface area contributed by atoms with E-state index in [-0.39, 0.29) is 28.4 Å². The van der Waals surface area contributed by atoms with Crippen molar-refractivity contribution in [3.8, 4) is 0 Å². The molecule has 0 spiro atoms. The number of ether oxygens (including phenoxy) is 1. The van der Waals surface area contributed by atoms with Crippen molar-refractivity contribution in [2.75, 3.05) is 7.11 Å².